The highest BCUT2D eigenvalue weighted by atomic mass is 32.2. The van der Waals surface area contributed by atoms with Crippen LogP contribution in [0, 0.1) is 0 Å². The van der Waals surface area contributed by atoms with E-state index in [0.717, 1.165) is 16.8 Å². The van der Waals surface area contributed by atoms with E-state index in [1.165, 1.54) is 31.3 Å². The van der Waals surface area contributed by atoms with Crippen molar-refractivity contribution in [3.8, 4) is 33.8 Å². The van der Waals surface area contributed by atoms with E-state index in [2.05, 4.69) is 19.9 Å². The maximum atomic E-state index is 13.0. The van der Waals surface area contributed by atoms with Crippen LogP contribution in [0.5, 0.6) is 11.5 Å². The molecule has 0 saturated heterocycles. The second-order valence-corrected chi connectivity index (χ2v) is 9.83. The van der Waals surface area contributed by atoms with Gasteiger partial charge in [0.15, 0.2) is 11.5 Å². The molecule has 36 heavy (non-hydrogen) atoms. The lowest BCUT2D eigenvalue weighted by atomic mass is 10.00. The minimum absolute atomic E-state index is 0.00722. The van der Waals surface area contributed by atoms with Crippen molar-refractivity contribution in [1.29, 1.82) is 0 Å². The third-order valence-corrected chi connectivity index (χ3v) is 7.21. The summed E-state index contributed by atoms with van der Waals surface area (Å²) in [6, 6.07) is 5.23. The summed E-state index contributed by atoms with van der Waals surface area (Å²) in [4.78, 5) is 4.40. The summed E-state index contributed by atoms with van der Waals surface area (Å²) in [5.41, 5.74) is 10.3. The highest BCUT2D eigenvalue weighted by Gasteiger charge is 2.23. The molecule has 12 nitrogen and oxygen atoms in total. The van der Waals surface area contributed by atoms with Gasteiger partial charge in [-0.15, -0.1) is 0 Å². The number of nitrogens with two attached hydrogens (primary N) is 1. The molecular formula is C23H25N7O5S. The van der Waals surface area contributed by atoms with Crippen molar-refractivity contribution in [2.45, 2.75) is 18.0 Å². The number of nitrogen functional groups attached to an aromatic ring is 1. The Bertz CT molecular complexity index is 1540. The number of nitrogens with one attached hydrogen (secondary N) is 1. The smallest absolute Gasteiger partial charge is 0.265 e. The first-order chi connectivity index (χ1) is 17.3. The van der Waals surface area contributed by atoms with E-state index in [4.69, 9.17) is 19.9 Å². The number of pyridine rings is 1. The van der Waals surface area contributed by atoms with Crippen molar-refractivity contribution in [2.24, 2.45) is 7.05 Å². The highest BCUT2D eigenvalue weighted by Crippen LogP contribution is 2.42. The maximum Gasteiger partial charge on any atom is 0.265 e. The molecule has 0 radical (unpaired) electrons. The van der Waals surface area contributed by atoms with E-state index in [0.29, 0.717) is 36.6 Å². The minimum Gasteiger partial charge on any atom is -0.493 e. The Labute approximate surface area is 207 Å². The Morgan fingerprint density at radius 1 is 1.06 bits per heavy atom. The molecule has 0 spiro atoms. The lowest BCUT2D eigenvalue weighted by Gasteiger charge is -2.18. The van der Waals surface area contributed by atoms with E-state index in [9.17, 15) is 8.42 Å². The van der Waals surface area contributed by atoms with Crippen LogP contribution in [0.3, 0.4) is 0 Å². The van der Waals surface area contributed by atoms with Gasteiger partial charge in [-0.25, -0.2) is 13.4 Å². The first-order valence-electron chi connectivity index (χ1n) is 11.0. The van der Waals surface area contributed by atoms with Crippen molar-refractivity contribution in [2.75, 3.05) is 31.3 Å². The molecule has 1 aromatic carbocycles. The van der Waals surface area contributed by atoms with Gasteiger partial charge in [-0.2, -0.15) is 10.2 Å². The lowest BCUT2D eigenvalue weighted by molar-refractivity contribution is 0.0804. The minimum atomic E-state index is -3.95. The Morgan fingerprint density at radius 3 is 2.61 bits per heavy atom. The normalized spacial score (nSPS) is 13.3. The fourth-order valence-electron chi connectivity index (χ4n) is 4.11. The number of aromatic nitrogens is 5. The molecule has 0 atom stereocenters. The zero-order valence-electron chi connectivity index (χ0n) is 19.9. The quantitative estimate of drug-likeness (QED) is 0.381. The van der Waals surface area contributed by atoms with Crippen LogP contribution in [0.2, 0.25) is 0 Å². The van der Waals surface area contributed by atoms with Crippen molar-refractivity contribution >= 4 is 21.5 Å². The third kappa shape index (κ3) is 4.22. The number of nitrogens with zero attached hydrogens (tertiary/aromatic N) is 5. The predicted molar refractivity (Wildman–Crippen MR) is 132 cm³/mol. The molecule has 3 N–H and O–H groups in total. The molecule has 5 rings (SSSR count). The monoisotopic (exact) mass is 511 g/mol. The number of aryl methyl sites for hydroxylation is 1. The Kier molecular flexibility index (Phi) is 6.02. The van der Waals surface area contributed by atoms with Crippen LogP contribution < -0.4 is 19.9 Å². The van der Waals surface area contributed by atoms with Gasteiger partial charge in [-0.3, -0.25) is 14.1 Å². The van der Waals surface area contributed by atoms with E-state index in [1.54, 1.807) is 31.6 Å². The summed E-state index contributed by atoms with van der Waals surface area (Å²) >= 11 is 0. The summed E-state index contributed by atoms with van der Waals surface area (Å²) in [5.74, 6) is 0.809. The molecule has 188 valence electrons. The molecule has 13 heteroatoms. The van der Waals surface area contributed by atoms with Gasteiger partial charge in [0.05, 0.1) is 57.8 Å². The van der Waals surface area contributed by atoms with Crippen molar-refractivity contribution in [1.82, 2.24) is 24.5 Å². The van der Waals surface area contributed by atoms with E-state index >= 15 is 0 Å². The second-order valence-electron chi connectivity index (χ2n) is 8.15. The first kappa shape index (κ1) is 23.6. The molecule has 1 aliphatic rings. The van der Waals surface area contributed by atoms with Crippen LogP contribution in [0.4, 0.5) is 11.5 Å². The van der Waals surface area contributed by atoms with Crippen LogP contribution in [-0.2, 0) is 35.0 Å². The van der Waals surface area contributed by atoms with Gasteiger partial charge in [0.1, 0.15) is 10.7 Å². The number of benzene rings is 1. The van der Waals surface area contributed by atoms with Crippen LogP contribution in [0.15, 0.2) is 47.9 Å². The second kappa shape index (κ2) is 9.17. The number of hydrogen-bond donors (Lipinski definition) is 2. The summed E-state index contributed by atoms with van der Waals surface area (Å²) in [6.45, 7) is 1.75. The number of hydrogen-bond acceptors (Lipinski definition) is 9. The largest absolute Gasteiger partial charge is 0.493 e. The zero-order valence-corrected chi connectivity index (χ0v) is 20.7. The SMILES string of the molecule is COc1cc(-c2cc(-c3cnn4c3COCC4)cnc2N)cc(NS(=O)(=O)c2cnn(C)c2)c1OC. The lowest BCUT2D eigenvalue weighted by Crippen LogP contribution is -2.17. The van der Waals surface area contributed by atoms with Crippen LogP contribution >= 0.6 is 0 Å². The number of rotatable bonds is 7. The molecule has 0 bridgehead atoms. The molecule has 3 aromatic heterocycles. The Balaban J connectivity index is 1.61. The summed E-state index contributed by atoms with van der Waals surface area (Å²) in [5, 5.41) is 8.39. The maximum absolute atomic E-state index is 13.0. The molecule has 4 heterocycles. The molecule has 4 aromatic rings. The summed E-state index contributed by atoms with van der Waals surface area (Å²) < 4.78 is 48.5. The van der Waals surface area contributed by atoms with Gasteiger partial charge in [0, 0.05) is 36.1 Å². The van der Waals surface area contributed by atoms with Gasteiger partial charge in [-0.05, 0) is 23.8 Å². The van der Waals surface area contributed by atoms with Gasteiger partial charge in [-0.1, -0.05) is 0 Å². The summed E-state index contributed by atoms with van der Waals surface area (Å²) in [6.07, 6.45) is 6.12. The standard InChI is InChI=1S/C23H25N7O5S/c1-29-12-16(10-26-29)36(31,32)28-19-7-14(8-21(33-2)22(19)34-3)17-6-15(9-25-23(17)24)18-11-27-30-4-5-35-13-20(18)30/h6-12,28H,4-5,13H2,1-3H3,(H2,24,25). The zero-order chi connectivity index (χ0) is 25.4. The molecule has 0 unspecified atom stereocenters. The summed E-state index contributed by atoms with van der Waals surface area (Å²) in [7, 11) is 0.583. The number of methoxy groups -OCH3 is 2. The van der Waals surface area contributed by atoms with Crippen molar-refractivity contribution < 1.29 is 22.6 Å². The average Bonchev–Trinajstić information content (AvgIpc) is 3.50. The fourth-order valence-corrected chi connectivity index (χ4v) is 5.14. The molecule has 0 saturated carbocycles. The fraction of sp³-hybridized carbons (Fsp3) is 0.261. The third-order valence-electron chi connectivity index (χ3n) is 5.89. The topological polar surface area (TPSA) is 148 Å². The number of fused-ring (bicyclic) bond motifs is 1. The molecule has 0 aliphatic carbocycles. The predicted octanol–water partition coefficient (Wildman–Crippen LogP) is 2.28. The first-order valence-corrected chi connectivity index (χ1v) is 12.4. The Morgan fingerprint density at radius 2 is 1.89 bits per heavy atom. The van der Waals surface area contributed by atoms with Crippen molar-refractivity contribution in [3.63, 3.8) is 0 Å². The number of ether oxygens (including phenoxy) is 3. The molecule has 1 aliphatic heterocycles. The van der Waals surface area contributed by atoms with Crippen LogP contribution in [0.25, 0.3) is 22.3 Å². The van der Waals surface area contributed by atoms with Crippen LogP contribution in [-0.4, -0.2) is 53.8 Å². The van der Waals surface area contributed by atoms with E-state index in [1.807, 2.05) is 10.7 Å². The van der Waals surface area contributed by atoms with E-state index in [-0.39, 0.29) is 22.2 Å². The Hall–Kier alpha value is -4.10. The van der Waals surface area contributed by atoms with Crippen molar-refractivity contribution in [3.05, 3.63) is 48.7 Å². The highest BCUT2D eigenvalue weighted by molar-refractivity contribution is 7.92. The van der Waals surface area contributed by atoms with Gasteiger partial charge in [0.25, 0.3) is 10.0 Å². The van der Waals surface area contributed by atoms with Gasteiger partial charge in [0.2, 0.25) is 0 Å². The van der Waals surface area contributed by atoms with Crippen LogP contribution in [0.1, 0.15) is 5.69 Å². The number of anilines is 2. The van der Waals surface area contributed by atoms with Gasteiger partial charge < -0.3 is 19.9 Å². The molecule has 0 fully saturated rings. The molecule has 0 amide bonds. The molecular weight excluding hydrogens is 486 g/mol. The average molecular weight is 512 g/mol. The van der Waals surface area contributed by atoms with E-state index < -0.39 is 10.0 Å². The number of sulfonamides is 1. The van der Waals surface area contributed by atoms with Gasteiger partial charge >= 0.3 is 0 Å².